The molecular formula is C18H25N5OS2. The van der Waals surface area contributed by atoms with Crippen LogP contribution in [0.25, 0.3) is 0 Å². The third-order valence-corrected chi connectivity index (χ3v) is 5.59. The predicted molar refractivity (Wildman–Crippen MR) is 113 cm³/mol. The maximum Gasteiger partial charge on any atom is 0.234 e. The van der Waals surface area contributed by atoms with Crippen LogP contribution in [0.1, 0.15) is 20.8 Å². The quantitative estimate of drug-likeness (QED) is 0.469. The molecule has 0 aliphatic carbocycles. The van der Waals surface area contributed by atoms with E-state index in [-0.39, 0.29) is 5.91 Å². The molecule has 0 saturated heterocycles. The van der Waals surface area contributed by atoms with E-state index >= 15 is 0 Å². The van der Waals surface area contributed by atoms with Crippen LogP contribution in [0.3, 0.4) is 0 Å². The summed E-state index contributed by atoms with van der Waals surface area (Å²) < 4.78 is 0.762. The predicted octanol–water partition coefficient (Wildman–Crippen LogP) is 4.10. The summed E-state index contributed by atoms with van der Waals surface area (Å²) in [5.41, 5.74) is 1.95. The Morgan fingerprint density at radius 3 is 2.69 bits per heavy atom. The summed E-state index contributed by atoms with van der Waals surface area (Å²) in [7, 11) is 0. The zero-order chi connectivity index (χ0) is 18.9. The molecule has 0 aliphatic rings. The zero-order valence-corrected chi connectivity index (χ0v) is 17.0. The molecule has 1 amide bonds. The van der Waals surface area contributed by atoms with E-state index in [1.54, 1.807) is 6.08 Å². The number of anilines is 3. The van der Waals surface area contributed by atoms with Gasteiger partial charge >= 0.3 is 0 Å². The molecule has 26 heavy (non-hydrogen) atoms. The minimum Gasteiger partial charge on any atom is -0.369 e. The van der Waals surface area contributed by atoms with E-state index in [1.165, 1.54) is 23.1 Å². The summed E-state index contributed by atoms with van der Waals surface area (Å²) in [6.45, 7) is 11.7. The van der Waals surface area contributed by atoms with Crippen molar-refractivity contribution in [3.05, 3.63) is 36.9 Å². The Morgan fingerprint density at radius 2 is 2.08 bits per heavy atom. The van der Waals surface area contributed by atoms with Gasteiger partial charge in [-0.1, -0.05) is 29.2 Å². The Balaban J connectivity index is 1.83. The van der Waals surface area contributed by atoms with Gasteiger partial charge in [0.05, 0.1) is 5.75 Å². The number of rotatable bonds is 10. The third kappa shape index (κ3) is 6.03. The van der Waals surface area contributed by atoms with Crippen LogP contribution in [0.15, 0.2) is 41.3 Å². The van der Waals surface area contributed by atoms with E-state index in [0.717, 1.165) is 27.4 Å². The highest BCUT2D eigenvalue weighted by Crippen LogP contribution is 2.25. The summed E-state index contributed by atoms with van der Waals surface area (Å²) in [6.07, 6.45) is 1.76. The number of carbonyl (C=O) groups is 1. The largest absolute Gasteiger partial charge is 0.369 e. The molecule has 0 bridgehead atoms. The van der Waals surface area contributed by atoms with Crippen molar-refractivity contribution >= 4 is 45.5 Å². The summed E-state index contributed by atoms with van der Waals surface area (Å²) >= 11 is 2.80. The molecule has 2 N–H and O–H groups in total. The highest BCUT2D eigenvalue weighted by atomic mass is 32.2. The molecule has 1 heterocycles. The molecule has 1 aromatic carbocycles. The third-order valence-electron chi connectivity index (χ3n) is 3.58. The number of hydrogen-bond donors (Lipinski definition) is 2. The van der Waals surface area contributed by atoms with Crippen molar-refractivity contribution in [3.8, 4) is 0 Å². The summed E-state index contributed by atoms with van der Waals surface area (Å²) in [5, 5.41) is 14.8. The lowest BCUT2D eigenvalue weighted by atomic mass is 10.2. The van der Waals surface area contributed by atoms with Crippen LogP contribution < -0.4 is 15.5 Å². The number of hydrogen-bond acceptors (Lipinski definition) is 7. The van der Waals surface area contributed by atoms with E-state index < -0.39 is 0 Å². The number of carbonyl (C=O) groups excluding carboxylic acids is 1. The number of nitrogens with one attached hydrogen (secondary N) is 2. The lowest BCUT2D eigenvalue weighted by Crippen LogP contribution is -2.30. The van der Waals surface area contributed by atoms with Gasteiger partial charge < -0.3 is 15.5 Å². The van der Waals surface area contributed by atoms with Gasteiger partial charge in [-0.05, 0) is 45.0 Å². The van der Waals surface area contributed by atoms with Crippen LogP contribution in [0.4, 0.5) is 16.5 Å². The van der Waals surface area contributed by atoms with Crippen molar-refractivity contribution in [2.45, 2.75) is 31.2 Å². The fraction of sp³-hybridized carbons (Fsp3) is 0.389. The number of amides is 1. The lowest BCUT2D eigenvalue weighted by molar-refractivity contribution is -0.113. The van der Waals surface area contributed by atoms with Crippen molar-refractivity contribution in [2.24, 2.45) is 0 Å². The molecular weight excluding hydrogens is 366 g/mol. The molecule has 6 nitrogen and oxygen atoms in total. The molecule has 1 aromatic heterocycles. The number of benzene rings is 1. The summed E-state index contributed by atoms with van der Waals surface area (Å²) in [5.74, 6) is 0.236. The molecule has 0 aliphatic heterocycles. The van der Waals surface area contributed by atoms with Gasteiger partial charge in [0.1, 0.15) is 0 Å². The minimum absolute atomic E-state index is 0.0604. The minimum atomic E-state index is -0.0604. The van der Waals surface area contributed by atoms with Gasteiger partial charge in [0, 0.05) is 30.5 Å². The number of nitrogens with zero attached hydrogens (tertiary/aromatic N) is 3. The second kappa shape index (κ2) is 10.2. The monoisotopic (exact) mass is 391 g/mol. The van der Waals surface area contributed by atoms with Crippen LogP contribution >= 0.6 is 23.1 Å². The average molecular weight is 392 g/mol. The van der Waals surface area contributed by atoms with Gasteiger partial charge in [-0.2, -0.15) is 0 Å². The summed E-state index contributed by atoms with van der Waals surface area (Å²) in [4.78, 5) is 14.4. The molecule has 2 rings (SSSR count). The van der Waals surface area contributed by atoms with Crippen molar-refractivity contribution in [1.82, 2.24) is 10.2 Å². The Kier molecular flexibility index (Phi) is 7.93. The van der Waals surface area contributed by atoms with Gasteiger partial charge in [0.2, 0.25) is 11.0 Å². The Bertz CT molecular complexity index is 715. The van der Waals surface area contributed by atoms with Gasteiger partial charge in [-0.25, -0.2) is 0 Å². The van der Waals surface area contributed by atoms with Gasteiger partial charge in [0.25, 0.3) is 0 Å². The van der Waals surface area contributed by atoms with E-state index in [2.05, 4.69) is 53.1 Å². The first-order valence-electron chi connectivity index (χ1n) is 8.51. The second-order valence-electron chi connectivity index (χ2n) is 5.81. The molecule has 0 atom stereocenters. The first-order chi connectivity index (χ1) is 12.5. The molecule has 0 unspecified atom stereocenters. The Hall–Kier alpha value is -2.06. The normalized spacial score (nSPS) is 10.6. The summed E-state index contributed by atoms with van der Waals surface area (Å²) in [6, 6.07) is 8.38. The Labute approximate surface area is 163 Å². The highest BCUT2D eigenvalue weighted by Gasteiger charge is 2.10. The molecule has 0 fully saturated rings. The van der Waals surface area contributed by atoms with Crippen molar-refractivity contribution in [3.63, 3.8) is 0 Å². The lowest BCUT2D eigenvalue weighted by Gasteiger charge is -2.27. The van der Waals surface area contributed by atoms with Crippen LogP contribution in [0.2, 0.25) is 0 Å². The van der Waals surface area contributed by atoms with Crippen molar-refractivity contribution < 1.29 is 4.79 Å². The van der Waals surface area contributed by atoms with Crippen LogP contribution in [0.5, 0.6) is 0 Å². The van der Waals surface area contributed by atoms with E-state index in [0.29, 0.717) is 18.3 Å². The topological polar surface area (TPSA) is 70.1 Å². The molecule has 140 valence electrons. The zero-order valence-electron chi connectivity index (χ0n) is 15.4. The van der Waals surface area contributed by atoms with Gasteiger partial charge in [-0.3, -0.25) is 4.79 Å². The van der Waals surface area contributed by atoms with Crippen molar-refractivity contribution in [1.29, 1.82) is 0 Å². The van der Waals surface area contributed by atoms with E-state index in [9.17, 15) is 4.79 Å². The second-order valence-corrected chi connectivity index (χ2v) is 8.01. The number of thioether (sulfide) groups is 1. The molecule has 0 spiro atoms. The first-order valence-corrected chi connectivity index (χ1v) is 10.3. The SMILES string of the molecule is C=CCNc1nnc(SCC(=O)Nc2ccc(N(CC)C(C)C)cc2)s1. The number of aromatic nitrogens is 2. The maximum atomic E-state index is 12.1. The van der Waals surface area contributed by atoms with E-state index in [4.69, 9.17) is 0 Å². The van der Waals surface area contributed by atoms with Gasteiger partial charge in [0.15, 0.2) is 4.34 Å². The molecule has 0 saturated carbocycles. The molecule has 0 radical (unpaired) electrons. The highest BCUT2D eigenvalue weighted by molar-refractivity contribution is 8.01. The standard InChI is InChI=1S/C18H25N5OS2/c1-5-11-19-17-21-22-18(26-17)25-12-16(24)20-14-7-9-15(10-8-14)23(6-2)13(3)4/h5,7-10,13H,1,6,11-12H2,2-4H3,(H,19,21)(H,20,24). The first kappa shape index (κ1) is 20.3. The van der Waals surface area contributed by atoms with Crippen LogP contribution in [0, 0.1) is 0 Å². The maximum absolute atomic E-state index is 12.1. The van der Waals surface area contributed by atoms with E-state index in [1.807, 2.05) is 24.3 Å². The van der Waals surface area contributed by atoms with Crippen molar-refractivity contribution in [2.75, 3.05) is 34.4 Å². The molecule has 2 aromatic rings. The fourth-order valence-electron chi connectivity index (χ4n) is 2.41. The average Bonchev–Trinajstić information content (AvgIpc) is 3.08. The smallest absolute Gasteiger partial charge is 0.234 e. The molecule has 8 heteroatoms. The van der Waals surface area contributed by atoms with Gasteiger partial charge in [-0.15, -0.1) is 16.8 Å². The van der Waals surface area contributed by atoms with Crippen LogP contribution in [-0.2, 0) is 4.79 Å². The Morgan fingerprint density at radius 1 is 1.35 bits per heavy atom. The van der Waals surface area contributed by atoms with Crippen LogP contribution in [-0.4, -0.2) is 41.0 Å². The fourth-order valence-corrected chi connectivity index (χ4v) is 3.96.